The average molecular weight is 302 g/mol. The maximum absolute atomic E-state index is 12.3. The van der Waals surface area contributed by atoms with Crippen LogP contribution in [0.15, 0.2) is 23.3 Å². The molecule has 2 unspecified atom stereocenters. The van der Waals surface area contributed by atoms with Crippen molar-refractivity contribution in [2.24, 2.45) is 16.9 Å². The van der Waals surface area contributed by atoms with Gasteiger partial charge in [-0.3, -0.25) is 4.79 Å². The fraction of sp³-hybridized carbons (Fsp3) is 0.529. The molecule has 1 aliphatic carbocycles. The molecule has 1 saturated carbocycles. The molecular formula is C17H22N2O3. The van der Waals surface area contributed by atoms with Gasteiger partial charge < -0.3 is 9.47 Å². The fourth-order valence-electron chi connectivity index (χ4n) is 3.55. The SMILES string of the molecule is COc1ccc(C2=NN(C)C(=O)C3CCCCC23)cc1OC. The molecule has 1 amide bonds. The van der Waals surface area contributed by atoms with Crippen molar-refractivity contribution in [3.63, 3.8) is 0 Å². The van der Waals surface area contributed by atoms with Gasteiger partial charge in [0.2, 0.25) is 5.91 Å². The van der Waals surface area contributed by atoms with Gasteiger partial charge in [-0.05, 0) is 31.0 Å². The molecule has 2 atom stereocenters. The summed E-state index contributed by atoms with van der Waals surface area (Å²) < 4.78 is 10.7. The summed E-state index contributed by atoms with van der Waals surface area (Å²) in [4.78, 5) is 12.3. The van der Waals surface area contributed by atoms with Crippen LogP contribution in [0.25, 0.3) is 0 Å². The van der Waals surface area contributed by atoms with Crippen molar-refractivity contribution in [3.8, 4) is 11.5 Å². The number of ether oxygens (including phenoxy) is 2. The highest BCUT2D eigenvalue weighted by Crippen LogP contribution is 2.38. The molecule has 2 aliphatic rings. The molecule has 0 spiro atoms. The number of hydrogen-bond acceptors (Lipinski definition) is 4. The second-order valence-electron chi connectivity index (χ2n) is 5.91. The number of hydrogen-bond donors (Lipinski definition) is 0. The van der Waals surface area contributed by atoms with Crippen LogP contribution in [-0.4, -0.2) is 37.9 Å². The molecule has 1 heterocycles. The van der Waals surface area contributed by atoms with E-state index in [2.05, 4.69) is 5.10 Å². The van der Waals surface area contributed by atoms with Gasteiger partial charge in [0.15, 0.2) is 11.5 Å². The van der Waals surface area contributed by atoms with E-state index < -0.39 is 0 Å². The quantitative estimate of drug-likeness (QED) is 0.862. The summed E-state index contributed by atoms with van der Waals surface area (Å²) in [6.07, 6.45) is 4.27. The van der Waals surface area contributed by atoms with Crippen molar-refractivity contribution < 1.29 is 14.3 Å². The zero-order valence-corrected chi connectivity index (χ0v) is 13.3. The lowest BCUT2D eigenvalue weighted by atomic mass is 9.73. The van der Waals surface area contributed by atoms with Gasteiger partial charge >= 0.3 is 0 Å². The van der Waals surface area contributed by atoms with Crippen LogP contribution in [0.5, 0.6) is 11.5 Å². The van der Waals surface area contributed by atoms with E-state index in [-0.39, 0.29) is 17.7 Å². The van der Waals surface area contributed by atoms with E-state index in [1.165, 1.54) is 5.01 Å². The molecule has 5 nitrogen and oxygen atoms in total. The summed E-state index contributed by atoms with van der Waals surface area (Å²) in [5, 5.41) is 6.05. The summed E-state index contributed by atoms with van der Waals surface area (Å²) in [5.41, 5.74) is 2.00. The first-order valence-electron chi connectivity index (χ1n) is 7.74. The molecule has 0 saturated heterocycles. The number of amides is 1. The summed E-state index contributed by atoms with van der Waals surface area (Å²) >= 11 is 0. The van der Waals surface area contributed by atoms with Crippen molar-refractivity contribution in [3.05, 3.63) is 23.8 Å². The molecule has 1 aromatic carbocycles. The standard InChI is InChI=1S/C17H22N2O3/c1-19-17(20)13-7-5-4-6-12(13)16(18-19)11-8-9-14(21-2)15(10-11)22-3/h8-10,12-13H,4-7H2,1-3H3. The number of carbonyl (C=O) groups is 1. The largest absolute Gasteiger partial charge is 0.493 e. The molecule has 0 N–H and O–H groups in total. The minimum absolute atomic E-state index is 0.0688. The van der Waals surface area contributed by atoms with Crippen LogP contribution in [0.2, 0.25) is 0 Å². The van der Waals surface area contributed by atoms with E-state index in [0.29, 0.717) is 11.5 Å². The highest BCUT2D eigenvalue weighted by atomic mass is 16.5. The Hall–Kier alpha value is -2.04. The Bertz CT molecular complexity index is 612. The minimum atomic E-state index is 0.0688. The van der Waals surface area contributed by atoms with Crippen molar-refractivity contribution in [2.75, 3.05) is 21.3 Å². The summed E-state index contributed by atoms with van der Waals surface area (Å²) in [6, 6.07) is 5.84. The van der Waals surface area contributed by atoms with Crippen LogP contribution in [-0.2, 0) is 4.79 Å². The number of hydrazone groups is 1. The van der Waals surface area contributed by atoms with E-state index in [0.717, 1.165) is 37.0 Å². The van der Waals surface area contributed by atoms with E-state index >= 15 is 0 Å². The van der Waals surface area contributed by atoms with E-state index in [4.69, 9.17) is 9.47 Å². The molecule has 0 bridgehead atoms. The average Bonchev–Trinajstić information content (AvgIpc) is 2.57. The van der Waals surface area contributed by atoms with Gasteiger partial charge in [-0.25, -0.2) is 5.01 Å². The summed E-state index contributed by atoms with van der Waals surface area (Å²) in [5.74, 6) is 1.82. The predicted octanol–water partition coefficient (Wildman–Crippen LogP) is 2.69. The van der Waals surface area contributed by atoms with Gasteiger partial charge in [0.25, 0.3) is 0 Å². The maximum atomic E-state index is 12.3. The highest BCUT2D eigenvalue weighted by molar-refractivity contribution is 6.07. The Kier molecular flexibility index (Phi) is 4.05. The van der Waals surface area contributed by atoms with Gasteiger partial charge in [0, 0.05) is 24.4 Å². The van der Waals surface area contributed by atoms with Gasteiger partial charge in [0.1, 0.15) is 0 Å². The van der Waals surface area contributed by atoms with Crippen LogP contribution in [0, 0.1) is 11.8 Å². The number of rotatable bonds is 3. The molecule has 3 rings (SSSR count). The van der Waals surface area contributed by atoms with Crippen LogP contribution in [0.1, 0.15) is 31.2 Å². The molecule has 5 heteroatoms. The van der Waals surface area contributed by atoms with Crippen LogP contribution in [0.4, 0.5) is 0 Å². The van der Waals surface area contributed by atoms with Gasteiger partial charge in [-0.1, -0.05) is 12.8 Å². The van der Waals surface area contributed by atoms with Crippen molar-refractivity contribution >= 4 is 11.6 Å². The lowest BCUT2D eigenvalue weighted by molar-refractivity contribution is -0.137. The second-order valence-corrected chi connectivity index (χ2v) is 5.91. The Labute approximate surface area is 130 Å². The van der Waals surface area contributed by atoms with Gasteiger partial charge in [-0.2, -0.15) is 5.10 Å². The molecule has 1 aliphatic heterocycles. The fourth-order valence-corrected chi connectivity index (χ4v) is 3.55. The highest BCUT2D eigenvalue weighted by Gasteiger charge is 2.40. The predicted molar refractivity (Wildman–Crippen MR) is 84.3 cm³/mol. The first-order valence-corrected chi connectivity index (χ1v) is 7.74. The van der Waals surface area contributed by atoms with Crippen LogP contribution >= 0.6 is 0 Å². The summed E-state index contributed by atoms with van der Waals surface area (Å²) in [6.45, 7) is 0. The number of methoxy groups -OCH3 is 2. The Morgan fingerprint density at radius 2 is 1.77 bits per heavy atom. The van der Waals surface area contributed by atoms with E-state index in [9.17, 15) is 4.79 Å². The van der Waals surface area contributed by atoms with Crippen molar-refractivity contribution in [1.29, 1.82) is 0 Å². The molecule has 1 aromatic rings. The maximum Gasteiger partial charge on any atom is 0.246 e. The topological polar surface area (TPSA) is 51.1 Å². The molecular weight excluding hydrogens is 280 g/mol. The minimum Gasteiger partial charge on any atom is -0.493 e. The van der Waals surface area contributed by atoms with Gasteiger partial charge in [-0.15, -0.1) is 0 Å². The first-order chi connectivity index (χ1) is 10.7. The Morgan fingerprint density at radius 3 is 2.45 bits per heavy atom. The first kappa shape index (κ1) is 14.9. The van der Waals surface area contributed by atoms with E-state index in [1.54, 1.807) is 21.3 Å². The second kappa shape index (κ2) is 5.99. The normalized spacial score (nSPS) is 24.6. The molecule has 22 heavy (non-hydrogen) atoms. The van der Waals surface area contributed by atoms with E-state index in [1.807, 2.05) is 18.2 Å². The third-order valence-corrected chi connectivity index (χ3v) is 4.69. The lowest BCUT2D eigenvalue weighted by Gasteiger charge is -2.37. The van der Waals surface area contributed by atoms with Crippen LogP contribution in [0.3, 0.4) is 0 Å². The van der Waals surface area contributed by atoms with Crippen molar-refractivity contribution in [1.82, 2.24) is 5.01 Å². The number of nitrogens with zero attached hydrogens (tertiary/aromatic N) is 2. The lowest BCUT2D eigenvalue weighted by Crippen LogP contribution is -2.44. The zero-order valence-electron chi connectivity index (χ0n) is 13.3. The molecule has 118 valence electrons. The van der Waals surface area contributed by atoms with Gasteiger partial charge in [0.05, 0.1) is 19.9 Å². The van der Waals surface area contributed by atoms with Crippen molar-refractivity contribution in [2.45, 2.75) is 25.7 Å². The zero-order chi connectivity index (χ0) is 15.7. The third kappa shape index (κ3) is 2.45. The third-order valence-electron chi connectivity index (χ3n) is 4.69. The van der Waals surface area contributed by atoms with Crippen LogP contribution < -0.4 is 9.47 Å². The Balaban J connectivity index is 2.02. The molecule has 0 aromatic heterocycles. The Morgan fingerprint density at radius 1 is 1.09 bits per heavy atom. The number of fused-ring (bicyclic) bond motifs is 1. The number of benzene rings is 1. The smallest absolute Gasteiger partial charge is 0.246 e. The monoisotopic (exact) mass is 302 g/mol. The molecule has 1 fully saturated rings. The summed E-state index contributed by atoms with van der Waals surface area (Å²) in [7, 11) is 5.00. The molecule has 0 radical (unpaired) electrons. The number of carbonyl (C=O) groups excluding carboxylic acids is 1.